The maximum absolute atomic E-state index is 13.6. The number of H-pyrrole nitrogens is 1. The highest BCUT2D eigenvalue weighted by Gasteiger charge is 2.45. The first-order valence-electron chi connectivity index (χ1n) is 15.7. The molecule has 13 heteroatoms. The highest BCUT2D eigenvalue weighted by Crippen LogP contribution is 2.31. The molecule has 2 amide bonds. The standard InChI is InChI=1S/C35H34F2N8O3/c1-48-35(34(47)40-27-8-11-30-29(18-27)32(42-41-30)23-2-6-25(36)7-3-23)12-13-43(22-35)21-31(46)45-16-14-44(15-17-45)28-9-4-24(5-10-28)33-38-19-26(37)20-39-33/h2-11,18-20H,12-17,21-22H2,1H3,(H,40,47)(H,41,42)/t35-/m0/s1. The molecule has 48 heavy (non-hydrogen) atoms. The van der Waals surface area contributed by atoms with E-state index >= 15 is 0 Å². The quantitative estimate of drug-likeness (QED) is 0.254. The van der Waals surface area contributed by atoms with Crippen molar-refractivity contribution in [2.24, 2.45) is 0 Å². The summed E-state index contributed by atoms with van der Waals surface area (Å²) < 4.78 is 32.4. The van der Waals surface area contributed by atoms with Crippen molar-refractivity contribution < 1.29 is 23.1 Å². The Morgan fingerprint density at radius 2 is 1.60 bits per heavy atom. The van der Waals surface area contributed by atoms with Crippen molar-refractivity contribution in [1.82, 2.24) is 30.0 Å². The molecule has 2 saturated heterocycles. The number of likely N-dealkylation sites (tertiary alicyclic amines) is 1. The second-order valence-electron chi connectivity index (χ2n) is 12.1. The zero-order valence-corrected chi connectivity index (χ0v) is 26.3. The first kappa shape index (κ1) is 31.3. The van der Waals surface area contributed by atoms with Crippen molar-refractivity contribution >= 4 is 34.1 Å². The number of ether oxygens (including phenoxy) is 1. The van der Waals surface area contributed by atoms with Crippen LogP contribution in [0.4, 0.5) is 20.2 Å². The molecule has 0 bridgehead atoms. The summed E-state index contributed by atoms with van der Waals surface area (Å²) in [6.45, 7) is 3.59. The van der Waals surface area contributed by atoms with E-state index in [2.05, 4.69) is 30.4 Å². The number of aromatic amines is 1. The maximum atomic E-state index is 13.6. The Bertz CT molecular complexity index is 1930. The second-order valence-corrected chi connectivity index (χ2v) is 12.1. The molecule has 2 fully saturated rings. The van der Waals surface area contributed by atoms with Gasteiger partial charge in [-0.25, -0.2) is 18.7 Å². The van der Waals surface area contributed by atoms with Crippen molar-refractivity contribution in [3.05, 3.63) is 90.8 Å². The molecule has 5 aromatic rings. The lowest BCUT2D eigenvalue weighted by Crippen LogP contribution is -2.52. The number of fused-ring (bicyclic) bond motifs is 1. The van der Waals surface area contributed by atoms with E-state index in [0.29, 0.717) is 62.9 Å². The van der Waals surface area contributed by atoms with E-state index in [-0.39, 0.29) is 24.2 Å². The number of benzene rings is 3. The van der Waals surface area contributed by atoms with Gasteiger partial charge in [-0.2, -0.15) is 5.10 Å². The lowest BCUT2D eigenvalue weighted by molar-refractivity contribution is -0.138. The fraction of sp³-hybridized carbons (Fsp3) is 0.286. The second kappa shape index (κ2) is 13.1. The summed E-state index contributed by atoms with van der Waals surface area (Å²) in [6.07, 6.45) is 2.75. The molecule has 0 unspecified atom stereocenters. The molecule has 0 aliphatic carbocycles. The summed E-state index contributed by atoms with van der Waals surface area (Å²) in [5.74, 6) is -0.606. The van der Waals surface area contributed by atoms with E-state index in [1.807, 2.05) is 46.2 Å². The third kappa shape index (κ3) is 6.34. The molecule has 11 nitrogen and oxygen atoms in total. The lowest BCUT2D eigenvalue weighted by Gasteiger charge is -2.37. The Labute approximate surface area is 275 Å². The van der Waals surface area contributed by atoms with E-state index in [0.717, 1.165) is 40.1 Å². The molecule has 7 rings (SSSR count). The molecule has 4 heterocycles. The molecule has 2 aliphatic rings. The number of rotatable bonds is 8. The van der Waals surface area contributed by atoms with Crippen LogP contribution in [0.25, 0.3) is 33.5 Å². The van der Waals surface area contributed by atoms with Crippen LogP contribution in [0, 0.1) is 11.6 Å². The van der Waals surface area contributed by atoms with Crippen LogP contribution >= 0.6 is 0 Å². The molecule has 3 aromatic carbocycles. The van der Waals surface area contributed by atoms with Crippen molar-refractivity contribution in [2.75, 3.05) is 63.1 Å². The zero-order valence-electron chi connectivity index (χ0n) is 26.3. The van der Waals surface area contributed by atoms with Crippen LogP contribution in [0.2, 0.25) is 0 Å². The first-order valence-corrected chi connectivity index (χ1v) is 15.7. The van der Waals surface area contributed by atoms with Gasteiger partial charge in [0.1, 0.15) is 5.82 Å². The molecule has 2 aromatic heterocycles. The van der Waals surface area contributed by atoms with E-state index in [1.165, 1.54) is 19.2 Å². The third-order valence-electron chi connectivity index (χ3n) is 9.16. The van der Waals surface area contributed by atoms with Gasteiger partial charge < -0.3 is 19.9 Å². The van der Waals surface area contributed by atoms with Crippen LogP contribution in [-0.2, 0) is 14.3 Å². The van der Waals surface area contributed by atoms with Crippen molar-refractivity contribution in [2.45, 2.75) is 12.0 Å². The van der Waals surface area contributed by atoms with E-state index in [1.54, 1.807) is 18.2 Å². The van der Waals surface area contributed by atoms with Gasteiger partial charge in [0.2, 0.25) is 5.91 Å². The number of carbonyl (C=O) groups is 2. The summed E-state index contributed by atoms with van der Waals surface area (Å²) in [5, 5.41) is 11.2. The maximum Gasteiger partial charge on any atom is 0.258 e. The van der Waals surface area contributed by atoms with Gasteiger partial charge in [0.05, 0.1) is 30.1 Å². The van der Waals surface area contributed by atoms with Gasteiger partial charge in [0.15, 0.2) is 17.2 Å². The van der Waals surface area contributed by atoms with Crippen molar-refractivity contribution in [3.8, 4) is 22.6 Å². The molecule has 2 N–H and O–H groups in total. The first-order chi connectivity index (χ1) is 23.3. The van der Waals surface area contributed by atoms with Gasteiger partial charge in [0.25, 0.3) is 5.91 Å². The number of nitrogens with zero attached hydrogens (tertiary/aromatic N) is 6. The minimum atomic E-state index is -1.10. The van der Waals surface area contributed by atoms with Crippen LogP contribution in [0.1, 0.15) is 6.42 Å². The van der Waals surface area contributed by atoms with Gasteiger partial charge in [-0.15, -0.1) is 0 Å². The summed E-state index contributed by atoms with van der Waals surface area (Å²) >= 11 is 0. The normalized spacial score (nSPS) is 18.4. The minimum Gasteiger partial charge on any atom is -0.368 e. The van der Waals surface area contributed by atoms with Crippen LogP contribution in [0.15, 0.2) is 79.1 Å². The predicted molar refractivity (Wildman–Crippen MR) is 177 cm³/mol. The number of halogens is 2. The van der Waals surface area contributed by atoms with Crippen LogP contribution < -0.4 is 10.2 Å². The van der Waals surface area contributed by atoms with Crippen LogP contribution in [0.5, 0.6) is 0 Å². The van der Waals surface area contributed by atoms with Gasteiger partial charge in [-0.3, -0.25) is 19.6 Å². The van der Waals surface area contributed by atoms with Gasteiger partial charge in [-0.05, 0) is 73.2 Å². The smallest absolute Gasteiger partial charge is 0.258 e. The Balaban J connectivity index is 0.934. The van der Waals surface area contributed by atoms with Gasteiger partial charge in [0, 0.05) is 74.3 Å². The number of carbonyl (C=O) groups excluding carboxylic acids is 2. The number of hydrogen-bond acceptors (Lipinski definition) is 8. The van der Waals surface area contributed by atoms with E-state index < -0.39 is 11.4 Å². The highest BCUT2D eigenvalue weighted by molar-refractivity contribution is 6.01. The van der Waals surface area contributed by atoms with E-state index in [9.17, 15) is 18.4 Å². The zero-order chi connectivity index (χ0) is 33.3. The molecule has 0 saturated carbocycles. The Hall–Kier alpha value is -5.27. The molecule has 2 aliphatic heterocycles. The van der Waals surface area contributed by atoms with Crippen molar-refractivity contribution in [3.63, 3.8) is 0 Å². The number of aromatic nitrogens is 4. The third-order valence-corrected chi connectivity index (χ3v) is 9.16. The largest absolute Gasteiger partial charge is 0.368 e. The Kier molecular flexibility index (Phi) is 8.54. The van der Waals surface area contributed by atoms with Crippen LogP contribution in [-0.4, -0.2) is 100 Å². The Morgan fingerprint density at radius 3 is 2.31 bits per heavy atom. The topological polar surface area (TPSA) is 120 Å². The summed E-state index contributed by atoms with van der Waals surface area (Å²) in [4.78, 5) is 41.0. The number of piperazine rings is 1. The molecule has 1 atom stereocenters. The summed E-state index contributed by atoms with van der Waals surface area (Å²) in [6, 6.07) is 19.3. The monoisotopic (exact) mass is 652 g/mol. The molecule has 0 spiro atoms. The predicted octanol–water partition coefficient (Wildman–Crippen LogP) is 4.34. The minimum absolute atomic E-state index is 0.0181. The number of anilines is 2. The SMILES string of the molecule is CO[C@@]1(C(=O)Nc2ccc3[nH]nc(-c4ccc(F)cc4)c3c2)CCN(CC(=O)N2CCN(c3ccc(-c4ncc(F)cn4)cc3)CC2)C1. The summed E-state index contributed by atoms with van der Waals surface area (Å²) in [7, 11) is 1.52. The highest BCUT2D eigenvalue weighted by atomic mass is 19.1. The molecule has 246 valence electrons. The van der Waals surface area contributed by atoms with Gasteiger partial charge >= 0.3 is 0 Å². The number of amides is 2. The van der Waals surface area contributed by atoms with Crippen LogP contribution in [0.3, 0.4) is 0 Å². The molecular formula is C35H34F2N8O3. The number of nitrogens with one attached hydrogen (secondary N) is 2. The fourth-order valence-electron chi connectivity index (χ4n) is 6.39. The summed E-state index contributed by atoms with van der Waals surface area (Å²) in [5.41, 5.74) is 3.51. The van der Waals surface area contributed by atoms with E-state index in [4.69, 9.17) is 4.74 Å². The average molecular weight is 653 g/mol. The number of methoxy groups -OCH3 is 1. The lowest BCUT2D eigenvalue weighted by atomic mass is 10.0. The average Bonchev–Trinajstić information content (AvgIpc) is 3.74. The van der Waals surface area contributed by atoms with Crippen molar-refractivity contribution in [1.29, 1.82) is 0 Å². The fourth-order valence-corrected chi connectivity index (χ4v) is 6.39. The molecule has 0 radical (unpaired) electrons. The molecular weight excluding hydrogens is 618 g/mol. The van der Waals surface area contributed by atoms with Gasteiger partial charge in [-0.1, -0.05) is 0 Å². The number of hydrogen-bond donors (Lipinski definition) is 2. The Morgan fingerprint density at radius 1 is 0.896 bits per heavy atom.